The number of benzene rings is 4. The van der Waals surface area contributed by atoms with Crippen LogP contribution in [-0.2, 0) is 29.4 Å². The zero-order valence-corrected chi connectivity index (χ0v) is 22.9. The largest absolute Gasteiger partial charge is 0.358 e. The van der Waals surface area contributed by atoms with Gasteiger partial charge in [0.15, 0.2) is 6.29 Å². The summed E-state index contributed by atoms with van der Waals surface area (Å²) in [5.41, 5.74) is 3.09. The first-order valence-electron chi connectivity index (χ1n) is 13.6. The zero-order valence-electron chi connectivity index (χ0n) is 22.9. The van der Waals surface area contributed by atoms with Crippen LogP contribution in [0, 0.1) is 0 Å². The topological polar surface area (TPSA) is 57.2 Å². The van der Waals surface area contributed by atoms with Crippen molar-refractivity contribution in [1.29, 1.82) is 0 Å². The van der Waals surface area contributed by atoms with Gasteiger partial charge in [0, 0.05) is 19.0 Å². The lowest BCUT2D eigenvalue weighted by molar-refractivity contribution is -0.262. The van der Waals surface area contributed by atoms with Crippen molar-refractivity contribution < 1.29 is 23.8 Å². The Bertz CT molecular complexity index is 1240. The van der Waals surface area contributed by atoms with Crippen molar-refractivity contribution in [2.24, 2.45) is 0 Å². The van der Waals surface area contributed by atoms with Crippen LogP contribution >= 0.6 is 0 Å². The SMILES string of the molecule is CON(C)C(=O)C[C@@H]1C[C@H](COC(c2ccccc2)(c2ccccc2)c2ccccc2)O[C@H](c2ccccc2)O1. The van der Waals surface area contributed by atoms with Crippen LogP contribution in [0.3, 0.4) is 0 Å². The van der Waals surface area contributed by atoms with E-state index in [2.05, 4.69) is 36.4 Å². The van der Waals surface area contributed by atoms with Crippen LogP contribution in [0.5, 0.6) is 0 Å². The van der Waals surface area contributed by atoms with Gasteiger partial charge in [-0.05, 0) is 16.7 Å². The highest BCUT2D eigenvalue weighted by Crippen LogP contribution is 2.41. The summed E-state index contributed by atoms with van der Waals surface area (Å²) >= 11 is 0. The number of hydroxylamine groups is 2. The number of rotatable bonds is 10. The molecule has 3 atom stereocenters. The molecular formula is C34H35NO5. The predicted molar refractivity (Wildman–Crippen MR) is 153 cm³/mol. The number of carbonyl (C=O) groups excluding carboxylic acids is 1. The molecule has 0 aliphatic carbocycles. The van der Waals surface area contributed by atoms with Crippen LogP contribution in [-0.4, -0.2) is 43.9 Å². The molecule has 1 heterocycles. The van der Waals surface area contributed by atoms with Gasteiger partial charge in [0.2, 0.25) is 5.91 Å². The lowest BCUT2D eigenvalue weighted by atomic mass is 9.80. The fourth-order valence-corrected chi connectivity index (χ4v) is 5.20. The third kappa shape index (κ3) is 6.16. The standard InChI is InChI=1S/C34H35NO5/c1-35(37-2)32(36)24-30-23-31(40-33(39-30)26-15-7-3-8-16-26)25-38-34(27-17-9-4-10-18-27,28-19-11-5-12-20-28)29-21-13-6-14-22-29/h3-22,30-31,33H,23-25H2,1-2H3/t30-,31+,33+/m0/s1. The third-order valence-electron chi connectivity index (χ3n) is 7.28. The average molecular weight is 538 g/mol. The molecule has 6 heteroatoms. The Morgan fingerprint density at radius 2 is 1.20 bits per heavy atom. The summed E-state index contributed by atoms with van der Waals surface area (Å²) in [6.07, 6.45) is -0.623. The maximum atomic E-state index is 12.7. The Labute approximate surface area is 236 Å². The summed E-state index contributed by atoms with van der Waals surface area (Å²) in [5, 5.41) is 1.23. The van der Waals surface area contributed by atoms with Gasteiger partial charge in [-0.15, -0.1) is 0 Å². The third-order valence-corrected chi connectivity index (χ3v) is 7.28. The van der Waals surface area contributed by atoms with Gasteiger partial charge >= 0.3 is 0 Å². The highest BCUT2D eigenvalue weighted by atomic mass is 16.7. The van der Waals surface area contributed by atoms with Crippen molar-refractivity contribution in [3.8, 4) is 0 Å². The van der Waals surface area contributed by atoms with Crippen LogP contribution in [0.15, 0.2) is 121 Å². The van der Waals surface area contributed by atoms with E-state index >= 15 is 0 Å². The lowest BCUT2D eigenvalue weighted by Crippen LogP contribution is -2.42. The summed E-state index contributed by atoms with van der Waals surface area (Å²) < 4.78 is 19.8. The molecule has 1 fully saturated rings. The number of hydrogen-bond acceptors (Lipinski definition) is 5. The van der Waals surface area contributed by atoms with Gasteiger partial charge in [0.1, 0.15) is 5.60 Å². The summed E-state index contributed by atoms with van der Waals surface area (Å²) in [6, 6.07) is 40.6. The molecule has 0 bridgehead atoms. The molecule has 1 amide bonds. The van der Waals surface area contributed by atoms with E-state index in [0.29, 0.717) is 6.42 Å². The van der Waals surface area contributed by atoms with Gasteiger partial charge in [0.05, 0.1) is 32.3 Å². The van der Waals surface area contributed by atoms with E-state index in [1.54, 1.807) is 7.05 Å². The molecule has 6 nitrogen and oxygen atoms in total. The van der Waals surface area contributed by atoms with E-state index in [1.807, 2.05) is 84.9 Å². The second kappa shape index (κ2) is 13.0. The molecule has 40 heavy (non-hydrogen) atoms. The van der Waals surface area contributed by atoms with E-state index in [9.17, 15) is 4.79 Å². The number of amides is 1. The predicted octanol–water partition coefficient (Wildman–Crippen LogP) is 6.28. The first-order valence-corrected chi connectivity index (χ1v) is 13.6. The molecule has 1 aliphatic heterocycles. The van der Waals surface area contributed by atoms with Crippen LogP contribution < -0.4 is 0 Å². The van der Waals surface area contributed by atoms with Gasteiger partial charge < -0.3 is 14.2 Å². The Kier molecular flexibility index (Phi) is 9.04. The lowest BCUT2D eigenvalue weighted by Gasteiger charge is -2.40. The normalized spacial score (nSPS) is 19.2. The van der Waals surface area contributed by atoms with Gasteiger partial charge in [0.25, 0.3) is 0 Å². The molecule has 4 aromatic carbocycles. The highest BCUT2D eigenvalue weighted by molar-refractivity contribution is 5.75. The van der Waals surface area contributed by atoms with Crippen molar-refractivity contribution in [2.75, 3.05) is 20.8 Å². The van der Waals surface area contributed by atoms with Crippen molar-refractivity contribution in [3.63, 3.8) is 0 Å². The van der Waals surface area contributed by atoms with Crippen molar-refractivity contribution in [1.82, 2.24) is 5.06 Å². The monoisotopic (exact) mass is 537 g/mol. The van der Waals surface area contributed by atoms with Crippen LogP contribution in [0.1, 0.15) is 41.4 Å². The molecule has 0 N–H and O–H groups in total. The minimum atomic E-state index is -0.866. The summed E-state index contributed by atoms with van der Waals surface area (Å²) in [4.78, 5) is 17.8. The highest BCUT2D eigenvalue weighted by Gasteiger charge is 2.40. The maximum Gasteiger partial charge on any atom is 0.248 e. The van der Waals surface area contributed by atoms with Gasteiger partial charge in [-0.3, -0.25) is 9.63 Å². The molecule has 0 unspecified atom stereocenters. The molecule has 206 valence electrons. The average Bonchev–Trinajstić information content (AvgIpc) is 3.03. The molecule has 0 spiro atoms. The van der Waals surface area contributed by atoms with E-state index in [1.165, 1.54) is 12.2 Å². The van der Waals surface area contributed by atoms with Gasteiger partial charge in [-0.25, -0.2) is 5.06 Å². The van der Waals surface area contributed by atoms with E-state index in [0.717, 1.165) is 22.3 Å². The Balaban J connectivity index is 1.48. The van der Waals surface area contributed by atoms with Gasteiger partial charge in [-0.2, -0.15) is 0 Å². The molecule has 1 aliphatic rings. The quantitative estimate of drug-likeness (QED) is 0.176. The molecular weight excluding hydrogens is 502 g/mol. The molecule has 4 aromatic rings. The zero-order chi connectivity index (χ0) is 27.8. The number of nitrogens with zero attached hydrogens (tertiary/aromatic N) is 1. The molecule has 0 aromatic heterocycles. The van der Waals surface area contributed by atoms with Crippen LogP contribution in [0.2, 0.25) is 0 Å². The molecule has 1 saturated heterocycles. The van der Waals surface area contributed by atoms with Crippen molar-refractivity contribution in [2.45, 2.75) is 36.9 Å². The van der Waals surface area contributed by atoms with Crippen LogP contribution in [0.25, 0.3) is 0 Å². The first-order chi connectivity index (χ1) is 19.6. The number of ether oxygens (including phenoxy) is 3. The number of carbonyl (C=O) groups is 1. The van der Waals surface area contributed by atoms with Crippen molar-refractivity contribution >= 4 is 5.91 Å². The molecule has 0 saturated carbocycles. The molecule has 5 rings (SSSR count). The summed E-state index contributed by atoms with van der Waals surface area (Å²) in [5.74, 6) is -0.159. The van der Waals surface area contributed by atoms with E-state index in [4.69, 9.17) is 19.0 Å². The fourth-order valence-electron chi connectivity index (χ4n) is 5.20. The second-order valence-electron chi connectivity index (χ2n) is 9.86. The Morgan fingerprint density at radius 1 is 0.750 bits per heavy atom. The van der Waals surface area contributed by atoms with Crippen molar-refractivity contribution in [3.05, 3.63) is 144 Å². The summed E-state index contributed by atoms with van der Waals surface area (Å²) in [6.45, 7) is 0.288. The Hall–Kier alpha value is -3.81. The summed E-state index contributed by atoms with van der Waals surface area (Å²) in [7, 11) is 3.08. The smallest absolute Gasteiger partial charge is 0.248 e. The number of hydrogen-bond donors (Lipinski definition) is 0. The minimum Gasteiger partial charge on any atom is -0.358 e. The van der Waals surface area contributed by atoms with E-state index < -0.39 is 11.9 Å². The maximum absolute atomic E-state index is 12.7. The fraction of sp³-hybridized carbons (Fsp3) is 0.265. The van der Waals surface area contributed by atoms with E-state index in [-0.39, 0.29) is 31.1 Å². The second-order valence-corrected chi connectivity index (χ2v) is 9.86. The minimum absolute atomic E-state index is 0.159. The van der Waals surface area contributed by atoms with Crippen LogP contribution in [0.4, 0.5) is 0 Å². The Morgan fingerprint density at radius 3 is 1.68 bits per heavy atom. The van der Waals surface area contributed by atoms with Gasteiger partial charge in [-0.1, -0.05) is 121 Å². The first kappa shape index (κ1) is 27.7. The molecule has 0 radical (unpaired) electrons.